The Bertz CT molecular complexity index is 439. The van der Waals surface area contributed by atoms with Crippen LogP contribution in [0.4, 0.5) is 0 Å². The summed E-state index contributed by atoms with van der Waals surface area (Å²) in [4.78, 5) is 2.49. The van der Waals surface area contributed by atoms with Crippen LogP contribution in [-0.2, 0) is 17.7 Å². The average Bonchev–Trinajstić information content (AvgIpc) is 2.51. The van der Waals surface area contributed by atoms with Crippen molar-refractivity contribution < 1.29 is 4.74 Å². The second-order valence-electron chi connectivity index (χ2n) is 5.70. The summed E-state index contributed by atoms with van der Waals surface area (Å²) in [6.07, 6.45) is 4.56. The first-order valence-corrected chi connectivity index (χ1v) is 7.99. The van der Waals surface area contributed by atoms with Gasteiger partial charge in [-0.15, -0.1) is 0 Å². The van der Waals surface area contributed by atoms with Crippen molar-refractivity contribution in [1.29, 1.82) is 0 Å². The molecule has 0 radical (unpaired) electrons. The molecule has 0 saturated carbocycles. The normalized spacial score (nSPS) is 16.0. The molecule has 21 heavy (non-hydrogen) atoms. The number of ether oxygens (including phenoxy) is 1. The summed E-state index contributed by atoms with van der Waals surface area (Å²) < 4.78 is 5.20. The maximum absolute atomic E-state index is 5.20. The number of rotatable bonds is 8. The molecule has 1 aliphatic rings. The summed E-state index contributed by atoms with van der Waals surface area (Å²) in [7, 11) is 1.77. The van der Waals surface area contributed by atoms with Crippen molar-refractivity contribution in [1.82, 2.24) is 10.2 Å². The van der Waals surface area contributed by atoms with E-state index in [9.17, 15) is 0 Å². The average molecular weight is 288 g/mol. The molecule has 0 fully saturated rings. The zero-order valence-corrected chi connectivity index (χ0v) is 13.4. The summed E-state index contributed by atoms with van der Waals surface area (Å²) in [5.74, 6) is 0. The van der Waals surface area contributed by atoms with Gasteiger partial charge in [-0.1, -0.05) is 37.3 Å². The van der Waals surface area contributed by atoms with Crippen LogP contribution in [0.3, 0.4) is 0 Å². The predicted octanol–water partition coefficient (Wildman–Crippen LogP) is 2.62. The lowest BCUT2D eigenvalue weighted by Gasteiger charge is -2.26. The number of methoxy groups -OCH3 is 1. The van der Waals surface area contributed by atoms with E-state index in [1.54, 1.807) is 7.11 Å². The highest BCUT2D eigenvalue weighted by Gasteiger charge is 2.11. The summed E-state index contributed by atoms with van der Waals surface area (Å²) in [5.41, 5.74) is 4.26. The molecular formula is C18H28N2O. The standard InChI is InChI=1S/C18H28N2O/c1-3-19-11-8-16-4-6-17(7-5-16)14-20-12-9-18(10-13-20)15-21-2/h4-7,9,19H,3,8,10-15H2,1-2H3. The van der Waals surface area contributed by atoms with Crippen LogP contribution in [0.1, 0.15) is 24.5 Å². The molecule has 1 heterocycles. The Labute approximate surface area is 129 Å². The van der Waals surface area contributed by atoms with Gasteiger partial charge in [-0.05, 0) is 42.6 Å². The van der Waals surface area contributed by atoms with E-state index < -0.39 is 0 Å². The molecule has 1 N–H and O–H groups in total. The second-order valence-corrected chi connectivity index (χ2v) is 5.70. The fourth-order valence-corrected chi connectivity index (χ4v) is 2.69. The Balaban J connectivity index is 1.78. The van der Waals surface area contributed by atoms with Crippen LogP contribution >= 0.6 is 0 Å². The Kier molecular flexibility index (Phi) is 6.93. The van der Waals surface area contributed by atoms with Gasteiger partial charge in [-0.2, -0.15) is 0 Å². The highest BCUT2D eigenvalue weighted by molar-refractivity contribution is 5.23. The van der Waals surface area contributed by atoms with Gasteiger partial charge in [0, 0.05) is 26.7 Å². The van der Waals surface area contributed by atoms with Gasteiger partial charge in [0.05, 0.1) is 6.61 Å². The van der Waals surface area contributed by atoms with Gasteiger partial charge in [-0.25, -0.2) is 0 Å². The van der Waals surface area contributed by atoms with Crippen LogP contribution in [0.15, 0.2) is 35.9 Å². The molecule has 116 valence electrons. The Morgan fingerprint density at radius 1 is 1.19 bits per heavy atom. The fourth-order valence-electron chi connectivity index (χ4n) is 2.69. The van der Waals surface area contributed by atoms with Crippen LogP contribution in [0.5, 0.6) is 0 Å². The predicted molar refractivity (Wildman–Crippen MR) is 88.5 cm³/mol. The van der Waals surface area contributed by atoms with Gasteiger partial charge in [-0.3, -0.25) is 4.90 Å². The lowest BCUT2D eigenvalue weighted by molar-refractivity contribution is 0.210. The highest BCUT2D eigenvalue weighted by Crippen LogP contribution is 2.14. The smallest absolute Gasteiger partial charge is 0.0673 e. The van der Waals surface area contributed by atoms with E-state index in [0.717, 1.165) is 52.2 Å². The monoisotopic (exact) mass is 288 g/mol. The second kappa shape index (κ2) is 8.98. The molecule has 0 spiro atoms. The minimum Gasteiger partial charge on any atom is -0.380 e. The third kappa shape index (κ3) is 5.62. The van der Waals surface area contributed by atoms with Crippen molar-refractivity contribution in [3.05, 3.63) is 47.0 Å². The molecule has 1 aromatic carbocycles. The Morgan fingerprint density at radius 3 is 2.57 bits per heavy atom. The van der Waals surface area contributed by atoms with Crippen molar-refractivity contribution in [2.45, 2.75) is 26.3 Å². The molecule has 1 aliphatic heterocycles. The van der Waals surface area contributed by atoms with E-state index >= 15 is 0 Å². The Morgan fingerprint density at radius 2 is 1.95 bits per heavy atom. The summed E-state index contributed by atoms with van der Waals surface area (Å²) >= 11 is 0. The van der Waals surface area contributed by atoms with Crippen LogP contribution in [0, 0.1) is 0 Å². The van der Waals surface area contributed by atoms with Crippen molar-refractivity contribution in [2.24, 2.45) is 0 Å². The molecule has 0 bridgehead atoms. The summed E-state index contributed by atoms with van der Waals surface area (Å²) in [6, 6.07) is 9.08. The molecule has 0 aromatic heterocycles. The molecule has 0 saturated heterocycles. The zero-order valence-electron chi connectivity index (χ0n) is 13.4. The largest absolute Gasteiger partial charge is 0.380 e. The third-order valence-electron chi connectivity index (χ3n) is 3.99. The molecule has 0 unspecified atom stereocenters. The maximum atomic E-state index is 5.20. The van der Waals surface area contributed by atoms with Crippen LogP contribution in [-0.4, -0.2) is 44.8 Å². The minimum atomic E-state index is 0.786. The number of nitrogens with one attached hydrogen (secondary N) is 1. The van der Waals surface area contributed by atoms with Gasteiger partial charge in [0.1, 0.15) is 0 Å². The summed E-state index contributed by atoms with van der Waals surface area (Å²) in [5, 5.41) is 3.37. The molecule has 1 aromatic rings. The maximum Gasteiger partial charge on any atom is 0.0673 e. The first-order chi connectivity index (χ1) is 10.3. The molecule has 3 heteroatoms. The lowest BCUT2D eigenvalue weighted by Crippen LogP contribution is -2.29. The van der Waals surface area contributed by atoms with Gasteiger partial charge >= 0.3 is 0 Å². The molecule has 2 rings (SSSR count). The lowest BCUT2D eigenvalue weighted by atomic mass is 10.1. The highest BCUT2D eigenvalue weighted by atomic mass is 16.5. The van der Waals surface area contributed by atoms with Crippen LogP contribution in [0.2, 0.25) is 0 Å². The van der Waals surface area contributed by atoms with Crippen molar-refractivity contribution in [3.63, 3.8) is 0 Å². The van der Waals surface area contributed by atoms with Gasteiger partial charge in [0.15, 0.2) is 0 Å². The molecule has 3 nitrogen and oxygen atoms in total. The van der Waals surface area contributed by atoms with Crippen molar-refractivity contribution >= 4 is 0 Å². The van der Waals surface area contributed by atoms with E-state index in [1.807, 2.05) is 0 Å². The number of benzene rings is 1. The number of hydrogen-bond acceptors (Lipinski definition) is 3. The minimum absolute atomic E-state index is 0.786. The van der Waals surface area contributed by atoms with E-state index in [-0.39, 0.29) is 0 Å². The van der Waals surface area contributed by atoms with Gasteiger partial charge in [0.25, 0.3) is 0 Å². The van der Waals surface area contributed by atoms with Crippen LogP contribution < -0.4 is 5.32 Å². The molecule has 0 aliphatic carbocycles. The summed E-state index contributed by atoms with van der Waals surface area (Å²) in [6.45, 7) is 8.27. The SMILES string of the molecule is CCNCCc1ccc(CN2CC=C(COC)CC2)cc1. The van der Waals surface area contributed by atoms with E-state index in [4.69, 9.17) is 4.74 Å². The number of hydrogen-bond donors (Lipinski definition) is 1. The Hall–Kier alpha value is -1.16. The molecular weight excluding hydrogens is 260 g/mol. The third-order valence-corrected chi connectivity index (χ3v) is 3.99. The zero-order chi connectivity index (χ0) is 14.9. The number of likely N-dealkylation sites (N-methyl/N-ethyl adjacent to an activating group) is 1. The quantitative estimate of drug-likeness (QED) is 0.588. The van der Waals surface area contributed by atoms with E-state index in [1.165, 1.54) is 16.7 Å². The van der Waals surface area contributed by atoms with E-state index in [0.29, 0.717) is 0 Å². The van der Waals surface area contributed by atoms with E-state index in [2.05, 4.69) is 47.5 Å². The first-order valence-electron chi connectivity index (χ1n) is 7.99. The van der Waals surface area contributed by atoms with Crippen LogP contribution in [0.25, 0.3) is 0 Å². The topological polar surface area (TPSA) is 24.5 Å². The van der Waals surface area contributed by atoms with Gasteiger partial charge in [0.2, 0.25) is 0 Å². The molecule has 0 amide bonds. The van der Waals surface area contributed by atoms with Crippen molar-refractivity contribution in [2.75, 3.05) is 39.9 Å². The molecule has 0 atom stereocenters. The van der Waals surface area contributed by atoms with Gasteiger partial charge < -0.3 is 10.1 Å². The van der Waals surface area contributed by atoms with Crippen molar-refractivity contribution in [3.8, 4) is 0 Å². The first kappa shape index (κ1) is 16.2. The number of nitrogens with zero attached hydrogens (tertiary/aromatic N) is 1. The fraction of sp³-hybridized carbons (Fsp3) is 0.556.